The van der Waals surface area contributed by atoms with Gasteiger partial charge in [-0.3, -0.25) is 4.99 Å². The topological polar surface area (TPSA) is 46.1 Å². The Bertz CT molecular complexity index is 723. The Morgan fingerprint density at radius 2 is 1.73 bits per heavy atom. The van der Waals surface area contributed by atoms with E-state index < -0.39 is 0 Å². The Morgan fingerprint density at radius 1 is 1.08 bits per heavy atom. The minimum Gasteiger partial charge on any atom is -0.497 e. The molecule has 0 bridgehead atoms. The van der Waals surface area contributed by atoms with E-state index in [-0.39, 0.29) is 35.5 Å². The first-order valence-corrected chi connectivity index (χ1v) is 7.94. The van der Waals surface area contributed by atoms with Crippen molar-refractivity contribution in [1.29, 1.82) is 0 Å². The third kappa shape index (κ3) is 6.05. The first-order valence-electron chi connectivity index (χ1n) is 7.94. The van der Waals surface area contributed by atoms with Crippen LogP contribution in [-0.4, -0.2) is 39.2 Å². The van der Waals surface area contributed by atoms with E-state index in [1.807, 2.05) is 42.3 Å². The second kappa shape index (κ2) is 10.8. The fourth-order valence-corrected chi connectivity index (χ4v) is 2.47. The molecule has 2 aromatic carbocycles. The van der Waals surface area contributed by atoms with Gasteiger partial charge in [0, 0.05) is 27.2 Å². The maximum Gasteiger partial charge on any atom is 0.193 e. The Balaban J connectivity index is 0.00000338. The third-order valence-corrected chi connectivity index (χ3v) is 3.82. The van der Waals surface area contributed by atoms with Gasteiger partial charge in [-0.25, -0.2) is 4.39 Å². The zero-order valence-corrected chi connectivity index (χ0v) is 17.8. The van der Waals surface area contributed by atoms with Crippen LogP contribution in [0.15, 0.2) is 47.5 Å². The number of hydrogen-bond acceptors (Lipinski definition) is 3. The molecule has 0 saturated heterocycles. The normalized spacial score (nSPS) is 10.7. The van der Waals surface area contributed by atoms with E-state index in [0.717, 1.165) is 22.8 Å². The summed E-state index contributed by atoms with van der Waals surface area (Å²) < 4.78 is 23.9. The number of benzene rings is 2. The maximum absolute atomic E-state index is 13.8. The summed E-state index contributed by atoms with van der Waals surface area (Å²) in [4.78, 5) is 6.28. The summed E-state index contributed by atoms with van der Waals surface area (Å²) in [6, 6.07) is 12.8. The number of nitrogens with one attached hydrogen (secondary N) is 1. The Labute approximate surface area is 171 Å². The molecule has 0 fully saturated rings. The molecule has 7 heteroatoms. The highest BCUT2D eigenvalue weighted by Crippen LogP contribution is 2.17. The summed E-state index contributed by atoms with van der Waals surface area (Å²) in [6.07, 6.45) is 0. The third-order valence-electron chi connectivity index (χ3n) is 3.82. The standard InChI is InChI=1S/C19H24FN3O2.HI/c1-21-19(22-12-15-7-10-18(25-4)17(20)11-15)23(2)13-14-5-8-16(24-3)9-6-14;/h5-11H,12-13H2,1-4H3,(H,21,22);1H. The van der Waals surface area contributed by atoms with Gasteiger partial charge < -0.3 is 19.7 Å². The van der Waals surface area contributed by atoms with E-state index in [2.05, 4.69) is 10.3 Å². The predicted molar refractivity (Wildman–Crippen MR) is 113 cm³/mol. The highest BCUT2D eigenvalue weighted by Gasteiger charge is 2.08. The fraction of sp³-hybridized carbons (Fsp3) is 0.316. The molecule has 0 saturated carbocycles. The molecule has 0 atom stereocenters. The van der Waals surface area contributed by atoms with Crippen LogP contribution in [0.5, 0.6) is 11.5 Å². The second-order valence-corrected chi connectivity index (χ2v) is 5.57. The first-order chi connectivity index (χ1) is 12.1. The lowest BCUT2D eigenvalue weighted by atomic mass is 10.2. The number of aliphatic imine (C=N–C) groups is 1. The predicted octanol–water partition coefficient (Wildman–Crippen LogP) is 3.67. The van der Waals surface area contributed by atoms with Crippen molar-refractivity contribution in [3.63, 3.8) is 0 Å². The van der Waals surface area contributed by atoms with Crippen LogP contribution in [-0.2, 0) is 13.1 Å². The molecule has 0 radical (unpaired) electrons. The van der Waals surface area contributed by atoms with Crippen molar-refractivity contribution in [1.82, 2.24) is 10.2 Å². The van der Waals surface area contributed by atoms with Crippen LogP contribution in [0, 0.1) is 5.82 Å². The summed E-state index contributed by atoms with van der Waals surface area (Å²) in [6.45, 7) is 1.17. The van der Waals surface area contributed by atoms with Gasteiger partial charge in [-0.05, 0) is 35.4 Å². The molecule has 0 unspecified atom stereocenters. The van der Waals surface area contributed by atoms with Crippen molar-refractivity contribution in [2.24, 2.45) is 4.99 Å². The Morgan fingerprint density at radius 3 is 2.27 bits per heavy atom. The zero-order chi connectivity index (χ0) is 18.2. The quantitative estimate of drug-likeness (QED) is 0.395. The second-order valence-electron chi connectivity index (χ2n) is 5.57. The van der Waals surface area contributed by atoms with E-state index in [4.69, 9.17) is 9.47 Å². The molecule has 142 valence electrons. The lowest BCUT2D eigenvalue weighted by Crippen LogP contribution is -2.38. The average Bonchev–Trinajstić information content (AvgIpc) is 2.63. The van der Waals surface area contributed by atoms with Gasteiger partial charge in [0.15, 0.2) is 17.5 Å². The fourth-order valence-electron chi connectivity index (χ4n) is 2.47. The largest absolute Gasteiger partial charge is 0.497 e. The van der Waals surface area contributed by atoms with Gasteiger partial charge in [0.25, 0.3) is 0 Å². The van der Waals surface area contributed by atoms with Gasteiger partial charge >= 0.3 is 0 Å². The van der Waals surface area contributed by atoms with Gasteiger partial charge in [0.05, 0.1) is 14.2 Å². The molecule has 0 spiro atoms. The summed E-state index contributed by atoms with van der Waals surface area (Å²) in [5, 5.41) is 3.24. The molecular formula is C19H25FIN3O2. The number of guanidine groups is 1. The molecule has 26 heavy (non-hydrogen) atoms. The SMILES string of the molecule is CN=C(NCc1ccc(OC)c(F)c1)N(C)Cc1ccc(OC)cc1.I. The van der Waals surface area contributed by atoms with Crippen molar-refractivity contribution in [3.8, 4) is 11.5 Å². The van der Waals surface area contributed by atoms with Gasteiger partial charge in [-0.15, -0.1) is 24.0 Å². The molecule has 0 aromatic heterocycles. The maximum atomic E-state index is 13.8. The number of rotatable bonds is 6. The molecule has 0 amide bonds. The highest BCUT2D eigenvalue weighted by atomic mass is 127. The van der Waals surface area contributed by atoms with Crippen LogP contribution in [0.2, 0.25) is 0 Å². The van der Waals surface area contributed by atoms with E-state index >= 15 is 0 Å². The molecule has 0 heterocycles. The van der Waals surface area contributed by atoms with Gasteiger partial charge in [0.1, 0.15) is 5.75 Å². The average molecular weight is 473 g/mol. The van der Waals surface area contributed by atoms with Crippen LogP contribution in [0.25, 0.3) is 0 Å². The highest BCUT2D eigenvalue weighted by molar-refractivity contribution is 14.0. The lowest BCUT2D eigenvalue weighted by molar-refractivity contribution is 0.386. The van der Waals surface area contributed by atoms with Crippen LogP contribution in [0.4, 0.5) is 4.39 Å². The van der Waals surface area contributed by atoms with Crippen molar-refractivity contribution >= 4 is 29.9 Å². The molecule has 2 rings (SSSR count). The lowest BCUT2D eigenvalue weighted by Gasteiger charge is -2.22. The summed E-state index contributed by atoms with van der Waals surface area (Å²) in [5.41, 5.74) is 1.96. The van der Waals surface area contributed by atoms with Crippen LogP contribution in [0.3, 0.4) is 0 Å². The monoisotopic (exact) mass is 473 g/mol. The number of ether oxygens (including phenoxy) is 2. The Kier molecular flexibility index (Phi) is 9.18. The minimum atomic E-state index is -0.372. The smallest absolute Gasteiger partial charge is 0.193 e. The molecular weight excluding hydrogens is 448 g/mol. The van der Waals surface area contributed by atoms with Crippen LogP contribution >= 0.6 is 24.0 Å². The number of hydrogen-bond donors (Lipinski definition) is 1. The molecule has 5 nitrogen and oxygen atoms in total. The van der Waals surface area contributed by atoms with E-state index in [1.54, 1.807) is 20.2 Å². The number of methoxy groups -OCH3 is 2. The van der Waals surface area contributed by atoms with Gasteiger partial charge in [-0.1, -0.05) is 18.2 Å². The van der Waals surface area contributed by atoms with E-state index in [9.17, 15) is 4.39 Å². The van der Waals surface area contributed by atoms with Crippen molar-refractivity contribution in [3.05, 3.63) is 59.4 Å². The zero-order valence-electron chi connectivity index (χ0n) is 15.5. The van der Waals surface area contributed by atoms with E-state index in [1.165, 1.54) is 13.2 Å². The summed E-state index contributed by atoms with van der Waals surface area (Å²) in [7, 11) is 6.77. The first kappa shape index (κ1) is 22.0. The van der Waals surface area contributed by atoms with Crippen molar-refractivity contribution in [2.75, 3.05) is 28.3 Å². The van der Waals surface area contributed by atoms with Crippen LogP contribution < -0.4 is 14.8 Å². The van der Waals surface area contributed by atoms with Gasteiger partial charge in [-0.2, -0.15) is 0 Å². The van der Waals surface area contributed by atoms with Gasteiger partial charge in [0.2, 0.25) is 0 Å². The van der Waals surface area contributed by atoms with Crippen molar-refractivity contribution < 1.29 is 13.9 Å². The molecule has 0 aliphatic rings. The molecule has 0 aliphatic heterocycles. The minimum absolute atomic E-state index is 0. The Hall–Kier alpha value is -2.03. The molecule has 0 aliphatic carbocycles. The number of halogens is 2. The van der Waals surface area contributed by atoms with Crippen molar-refractivity contribution in [2.45, 2.75) is 13.1 Å². The van der Waals surface area contributed by atoms with E-state index in [0.29, 0.717) is 13.1 Å². The molecule has 1 N–H and O–H groups in total. The summed E-state index contributed by atoms with van der Waals surface area (Å²) in [5.74, 6) is 1.43. The molecule has 2 aromatic rings. The summed E-state index contributed by atoms with van der Waals surface area (Å²) >= 11 is 0. The number of nitrogens with zero attached hydrogens (tertiary/aromatic N) is 2. The van der Waals surface area contributed by atoms with Crippen LogP contribution in [0.1, 0.15) is 11.1 Å².